The lowest BCUT2D eigenvalue weighted by Gasteiger charge is -2.11. The fourth-order valence-electron chi connectivity index (χ4n) is 1.54. The van der Waals surface area contributed by atoms with Crippen LogP contribution in [0, 0.1) is 0 Å². The summed E-state index contributed by atoms with van der Waals surface area (Å²) < 4.78 is 24.1. The number of hydrogen-bond donors (Lipinski definition) is 2. The highest BCUT2D eigenvalue weighted by Crippen LogP contribution is 2.14. The van der Waals surface area contributed by atoms with Crippen LogP contribution in [0.25, 0.3) is 0 Å². The highest BCUT2D eigenvalue weighted by atomic mass is 32.2. The van der Waals surface area contributed by atoms with Crippen LogP contribution in [0.4, 0.5) is 0 Å². The van der Waals surface area contributed by atoms with Crippen LogP contribution in [-0.2, 0) is 16.4 Å². The first-order valence-electron chi connectivity index (χ1n) is 5.64. The van der Waals surface area contributed by atoms with Gasteiger partial charge < -0.3 is 5.11 Å². The number of aliphatic hydroxyl groups excluding tert-OH is 1. The van der Waals surface area contributed by atoms with Crippen molar-refractivity contribution in [3.8, 4) is 0 Å². The van der Waals surface area contributed by atoms with Crippen molar-refractivity contribution in [2.24, 2.45) is 0 Å². The van der Waals surface area contributed by atoms with Gasteiger partial charge in [0.25, 0.3) is 0 Å². The van der Waals surface area contributed by atoms with Gasteiger partial charge in [0, 0.05) is 6.54 Å². The molecule has 0 saturated heterocycles. The van der Waals surface area contributed by atoms with E-state index in [9.17, 15) is 13.5 Å². The zero-order valence-corrected chi connectivity index (χ0v) is 11.0. The van der Waals surface area contributed by atoms with Gasteiger partial charge in [0.05, 0.1) is 12.4 Å². The molecule has 0 amide bonds. The molecule has 0 spiro atoms. The van der Waals surface area contributed by atoms with Gasteiger partial charge in [0.1, 0.15) is 0 Å². The molecule has 5 heteroatoms. The van der Waals surface area contributed by atoms with E-state index in [2.05, 4.69) is 11.6 Å². The summed E-state index contributed by atoms with van der Waals surface area (Å²) in [5.74, 6) is 0. The Hall–Kier alpha value is -0.910. The van der Waals surface area contributed by atoms with E-state index in [0.29, 0.717) is 0 Å². The number of aryl methyl sites for hydroxylation is 1. The van der Waals surface area contributed by atoms with Crippen molar-refractivity contribution in [2.45, 2.75) is 25.9 Å². The Morgan fingerprint density at radius 3 is 2.35 bits per heavy atom. The summed E-state index contributed by atoms with van der Waals surface area (Å²) in [5, 5.41) is 9.78. The third kappa shape index (κ3) is 5.30. The van der Waals surface area contributed by atoms with Gasteiger partial charge in [-0.3, -0.25) is 0 Å². The van der Waals surface area contributed by atoms with Crippen LogP contribution in [0.1, 0.15) is 30.6 Å². The lowest BCUT2D eigenvalue weighted by Crippen LogP contribution is -2.27. The molecule has 1 unspecified atom stereocenters. The number of hydrogen-bond acceptors (Lipinski definition) is 3. The van der Waals surface area contributed by atoms with Gasteiger partial charge in [-0.1, -0.05) is 37.6 Å². The van der Waals surface area contributed by atoms with E-state index in [0.717, 1.165) is 24.7 Å². The lowest BCUT2D eigenvalue weighted by atomic mass is 10.0. The van der Waals surface area contributed by atoms with E-state index in [4.69, 9.17) is 0 Å². The molecule has 96 valence electrons. The minimum atomic E-state index is -3.25. The molecule has 2 N–H and O–H groups in total. The van der Waals surface area contributed by atoms with Crippen LogP contribution >= 0.6 is 0 Å². The molecule has 17 heavy (non-hydrogen) atoms. The average molecular weight is 257 g/mol. The smallest absolute Gasteiger partial charge is 0.208 e. The first-order chi connectivity index (χ1) is 7.92. The van der Waals surface area contributed by atoms with Crippen LogP contribution < -0.4 is 4.72 Å². The summed E-state index contributed by atoms with van der Waals surface area (Å²) in [6.45, 7) is 2.12. The van der Waals surface area contributed by atoms with Crippen molar-refractivity contribution in [1.29, 1.82) is 0 Å². The van der Waals surface area contributed by atoms with Gasteiger partial charge in [-0.15, -0.1) is 0 Å². The molecular weight excluding hydrogens is 238 g/mol. The largest absolute Gasteiger partial charge is 0.387 e. The second-order valence-electron chi connectivity index (χ2n) is 4.13. The summed E-state index contributed by atoms with van der Waals surface area (Å²) in [6, 6.07) is 7.59. The number of rotatable bonds is 6. The topological polar surface area (TPSA) is 66.4 Å². The number of aliphatic hydroxyl groups is 1. The Labute approximate surface area is 103 Å². The molecule has 0 aliphatic rings. The van der Waals surface area contributed by atoms with E-state index < -0.39 is 16.1 Å². The summed E-state index contributed by atoms with van der Waals surface area (Å²) in [6.07, 6.45) is 2.36. The van der Waals surface area contributed by atoms with E-state index in [-0.39, 0.29) is 6.54 Å². The molecule has 0 heterocycles. The quantitative estimate of drug-likeness (QED) is 0.805. The minimum Gasteiger partial charge on any atom is -0.387 e. The summed E-state index contributed by atoms with van der Waals surface area (Å²) in [5.41, 5.74) is 1.94. The highest BCUT2D eigenvalue weighted by molar-refractivity contribution is 7.88. The van der Waals surface area contributed by atoms with E-state index >= 15 is 0 Å². The third-order valence-electron chi connectivity index (χ3n) is 2.44. The second-order valence-corrected chi connectivity index (χ2v) is 5.96. The predicted molar refractivity (Wildman–Crippen MR) is 68.2 cm³/mol. The fourth-order valence-corrected chi connectivity index (χ4v) is 2.00. The molecule has 0 aliphatic heterocycles. The first-order valence-corrected chi connectivity index (χ1v) is 7.53. The maximum absolute atomic E-state index is 10.9. The second kappa shape index (κ2) is 6.14. The van der Waals surface area contributed by atoms with Crippen LogP contribution in [0.3, 0.4) is 0 Å². The molecule has 0 aromatic heterocycles. The average Bonchev–Trinajstić information content (AvgIpc) is 2.26. The number of nitrogens with one attached hydrogen (secondary N) is 1. The SMILES string of the molecule is CCCc1ccc(C(O)CNS(C)(=O)=O)cc1. The van der Waals surface area contributed by atoms with Crippen LogP contribution in [0.5, 0.6) is 0 Å². The normalized spacial score (nSPS) is 13.6. The predicted octanol–water partition coefficient (Wildman–Crippen LogP) is 1.22. The molecule has 4 nitrogen and oxygen atoms in total. The zero-order chi connectivity index (χ0) is 12.9. The molecule has 0 bridgehead atoms. The third-order valence-corrected chi connectivity index (χ3v) is 3.13. The van der Waals surface area contributed by atoms with Gasteiger partial charge in [-0.25, -0.2) is 13.1 Å². The number of benzene rings is 1. The molecule has 1 rings (SSSR count). The Morgan fingerprint density at radius 2 is 1.88 bits per heavy atom. The van der Waals surface area contributed by atoms with Crippen molar-refractivity contribution < 1.29 is 13.5 Å². The molecule has 0 saturated carbocycles. The standard InChI is InChI=1S/C12H19NO3S/c1-3-4-10-5-7-11(8-6-10)12(14)9-13-17(2,15)16/h5-8,12-14H,3-4,9H2,1-2H3. The summed E-state index contributed by atoms with van der Waals surface area (Å²) in [4.78, 5) is 0. The van der Waals surface area contributed by atoms with E-state index in [1.165, 1.54) is 5.56 Å². The molecular formula is C12H19NO3S. The van der Waals surface area contributed by atoms with Crippen molar-refractivity contribution in [3.05, 3.63) is 35.4 Å². The van der Waals surface area contributed by atoms with Crippen molar-refractivity contribution >= 4 is 10.0 Å². The molecule has 0 fully saturated rings. The van der Waals surface area contributed by atoms with Crippen LogP contribution in [-0.4, -0.2) is 26.3 Å². The van der Waals surface area contributed by atoms with Crippen molar-refractivity contribution in [1.82, 2.24) is 4.72 Å². The van der Waals surface area contributed by atoms with E-state index in [1.807, 2.05) is 24.3 Å². The Morgan fingerprint density at radius 1 is 1.29 bits per heavy atom. The highest BCUT2D eigenvalue weighted by Gasteiger charge is 2.10. The molecule has 0 aliphatic carbocycles. The van der Waals surface area contributed by atoms with Crippen molar-refractivity contribution in [2.75, 3.05) is 12.8 Å². The lowest BCUT2D eigenvalue weighted by molar-refractivity contribution is 0.182. The minimum absolute atomic E-state index is 0.00591. The van der Waals surface area contributed by atoms with Gasteiger partial charge in [0.2, 0.25) is 10.0 Å². The van der Waals surface area contributed by atoms with Gasteiger partial charge in [-0.2, -0.15) is 0 Å². The van der Waals surface area contributed by atoms with Gasteiger partial charge >= 0.3 is 0 Å². The van der Waals surface area contributed by atoms with Crippen LogP contribution in [0.2, 0.25) is 0 Å². The van der Waals surface area contributed by atoms with Gasteiger partial charge in [-0.05, 0) is 17.5 Å². The van der Waals surface area contributed by atoms with Crippen LogP contribution in [0.15, 0.2) is 24.3 Å². The Kier molecular flexibility index (Phi) is 5.11. The van der Waals surface area contributed by atoms with Crippen molar-refractivity contribution in [3.63, 3.8) is 0 Å². The Bertz CT molecular complexity index is 439. The van der Waals surface area contributed by atoms with E-state index in [1.54, 1.807) is 0 Å². The maximum Gasteiger partial charge on any atom is 0.208 e. The summed E-state index contributed by atoms with van der Waals surface area (Å²) >= 11 is 0. The Balaban J connectivity index is 2.60. The molecule has 1 atom stereocenters. The van der Waals surface area contributed by atoms with Gasteiger partial charge in [0.15, 0.2) is 0 Å². The maximum atomic E-state index is 10.9. The molecule has 1 aromatic rings. The molecule has 1 aromatic carbocycles. The zero-order valence-electron chi connectivity index (χ0n) is 10.2. The number of sulfonamides is 1. The monoisotopic (exact) mass is 257 g/mol. The summed E-state index contributed by atoms with van der Waals surface area (Å²) in [7, 11) is -3.25. The molecule has 0 radical (unpaired) electrons. The first kappa shape index (κ1) is 14.2. The fraction of sp³-hybridized carbons (Fsp3) is 0.500.